The second-order valence-electron chi connectivity index (χ2n) is 5.68. The van der Waals surface area contributed by atoms with Gasteiger partial charge in [0.2, 0.25) is 5.91 Å². The molecule has 3 aromatic rings. The predicted molar refractivity (Wildman–Crippen MR) is 107 cm³/mol. The second-order valence-corrected chi connectivity index (χ2v) is 6.60. The monoisotopic (exact) mass is 426 g/mol. The number of anilines is 1. The van der Waals surface area contributed by atoms with E-state index in [4.69, 9.17) is 4.42 Å². The number of amides is 1. The van der Waals surface area contributed by atoms with E-state index in [2.05, 4.69) is 26.2 Å². The van der Waals surface area contributed by atoms with Gasteiger partial charge in [-0.3, -0.25) is 9.79 Å². The number of halogens is 1. The highest BCUT2D eigenvalue weighted by molar-refractivity contribution is 9.10. The van der Waals surface area contributed by atoms with Crippen molar-refractivity contribution in [3.8, 4) is 11.3 Å². The van der Waals surface area contributed by atoms with E-state index in [9.17, 15) is 14.7 Å². The summed E-state index contributed by atoms with van der Waals surface area (Å²) in [5.74, 6) is -0.224. The summed E-state index contributed by atoms with van der Waals surface area (Å²) in [4.78, 5) is 26.8. The number of benzene rings is 2. The van der Waals surface area contributed by atoms with Gasteiger partial charge in [0.15, 0.2) is 0 Å². The number of carbonyl (C=O) groups is 2. The molecule has 0 aliphatic rings. The van der Waals surface area contributed by atoms with Crippen molar-refractivity contribution < 1.29 is 19.1 Å². The molecule has 1 amide bonds. The molecule has 2 N–H and O–H groups in total. The van der Waals surface area contributed by atoms with Crippen LogP contribution in [0.3, 0.4) is 0 Å². The number of furan rings is 1. The molecule has 7 heteroatoms. The standard InChI is InChI=1S/C20H15BrN2O4/c1-12(24)23-15-5-3-14(4-6-15)22-11-16-7-9-19(27-16)17-8-2-13(21)10-18(17)20(25)26/h2-11H,1H3,(H,23,24)(H,25,26). The average molecular weight is 427 g/mol. The summed E-state index contributed by atoms with van der Waals surface area (Å²) in [5, 5.41) is 12.1. The molecule has 136 valence electrons. The van der Waals surface area contributed by atoms with Crippen LogP contribution in [0.5, 0.6) is 0 Å². The minimum atomic E-state index is -1.03. The van der Waals surface area contributed by atoms with Gasteiger partial charge in [-0.25, -0.2) is 4.79 Å². The van der Waals surface area contributed by atoms with Crippen molar-refractivity contribution in [3.63, 3.8) is 0 Å². The summed E-state index contributed by atoms with van der Waals surface area (Å²) in [5.41, 5.74) is 2.02. The van der Waals surface area contributed by atoms with Crippen LogP contribution in [0.4, 0.5) is 11.4 Å². The summed E-state index contributed by atoms with van der Waals surface area (Å²) in [6.45, 7) is 1.45. The maximum absolute atomic E-state index is 11.4. The fraction of sp³-hybridized carbons (Fsp3) is 0.0500. The van der Waals surface area contributed by atoms with Gasteiger partial charge in [0.05, 0.1) is 17.5 Å². The van der Waals surface area contributed by atoms with E-state index in [0.29, 0.717) is 32.9 Å². The minimum absolute atomic E-state index is 0.136. The molecule has 0 saturated heterocycles. The molecule has 0 bridgehead atoms. The van der Waals surface area contributed by atoms with Crippen molar-refractivity contribution in [2.24, 2.45) is 4.99 Å². The molecule has 6 nitrogen and oxygen atoms in total. The number of carboxylic acid groups (broad SMARTS) is 1. The molecule has 0 aliphatic heterocycles. The lowest BCUT2D eigenvalue weighted by molar-refractivity contribution is -0.114. The Morgan fingerprint density at radius 3 is 2.52 bits per heavy atom. The SMILES string of the molecule is CC(=O)Nc1ccc(N=Cc2ccc(-c3ccc(Br)cc3C(=O)O)o2)cc1. The Morgan fingerprint density at radius 2 is 1.85 bits per heavy atom. The molecule has 0 unspecified atom stereocenters. The number of rotatable bonds is 5. The number of aliphatic imine (C=N–C) groups is 1. The van der Waals surface area contributed by atoms with Crippen molar-refractivity contribution in [1.82, 2.24) is 0 Å². The Bertz CT molecular complexity index is 1020. The topological polar surface area (TPSA) is 91.9 Å². The van der Waals surface area contributed by atoms with E-state index < -0.39 is 5.97 Å². The van der Waals surface area contributed by atoms with E-state index >= 15 is 0 Å². The molecule has 2 aromatic carbocycles. The molecule has 0 fully saturated rings. The predicted octanol–water partition coefficient (Wildman–Crippen LogP) is 5.12. The number of aromatic carboxylic acids is 1. The maximum Gasteiger partial charge on any atom is 0.336 e. The van der Waals surface area contributed by atoms with E-state index in [0.717, 1.165) is 0 Å². The molecule has 0 saturated carbocycles. The number of nitrogens with zero attached hydrogens (tertiary/aromatic N) is 1. The summed E-state index contributed by atoms with van der Waals surface area (Å²) in [6.07, 6.45) is 1.55. The summed E-state index contributed by atoms with van der Waals surface area (Å²) >= 11 is 3.27. The number of hydrogen-bond acceptors (Lipinski definition) is 4. The number of carboxylic acids is 1. The molecular formula is C20H15BrN2O4. The fourth-order valence-corrected chi connectivity index (χ4v) is 2.81. The van der Waals surface area contributed by atoms with Gasteiger partial charge in [-0.05, 0) is 54.6 Å². The second kappa shape index (κ2) is 8.01. The maximum atomic E-state index is 11.4. The van der Waals surface area contributed by atoms with Crippen LogP contribution in [0.2, 0.25) is 0 Å². The van der Waals surface area contributed by atoms with Crippen molar-refractivity contribution in [1.29, 1.82) is 0 Å². The van der Waals surface area contributed by atoms with Gasteiger partial charge in [0.25, 0.3) is 0 Å². The highest BCUT2D eigenvalue weighted by Crippen LogP contribution is 2.28. The summed E-state index contributed by atoms with van der Waals surface area (Å²) in [6, 6.07) is 15.4. The van der Waals surface area contributed by atoms with E-state index in [1.165, 1.54) is 13.0 Å². The first kappa shape index (κ1) is 18.6. The van der Waals surface area contributed by atoms with E-state index in [1.54, 1.807) is 54.7 Å². The smallest absolute Gasteiger partial charge is 0.336 e. The first-order chi connectivity index (χ1) is 12.9. The lowest BCUT2D eigenvalue weighted by Gasteiger charge is -2.03. The lowest BCUT2D eigenvalue weighted by Crippen LogP contribution is -2.04. The molecule has 1 aromatic heterocycles. The van der Waals surface area contributed by atoms with Crippen LogP contribution in [0.1, 0.15) is 23.0 Å². The lowest BCUT2D eigenvalue weighted by atomic mass is 10.1. The molecular weight excluding hydrogens is 412 g/mol. The fourth-order valence-electron chi connectivity index (χ4n) is 2.45. The Morgan fingerprint density at radius 1 is 1.11 bits per heavy atom. The van der Waals surface area contributed by atoms with Gasteiger partial charge in [0, 0.05) is 22.6 Å². The molecule has 0 aliphatic carbocycles. The minimum Gasteiger partial charge on any atom is -0.478 e. The highest BCUT2D eigenvalue weighted by Gasteiger charge is 2.15. The first-order valence-electron chi connectivity index (χ1n) is 7.97. The number of nitrogens with one attached hydrogen (secondary N) is 1. The molecule has 0 spiro atoms. The quantitative estimate of drug-likeness (QED) is 0.553. The Labute approximate surface area is 163 Å². The number of hydrogen-bond donors (Lipinski definition) is 2. The molecule has 1 heterocycles. The van der Waals surface area contributed by atoms with Crippen LogP contribution in [-0.4, -0.2) is 23.2 Å². The van der Waals surface area contributed by atoms with Crippen molar-refractivity contribution in [2.75, 3.05) is 5.32 Å². The zero-order valence-electron chi connectivity index (χ0n) is 14.3. The zero-order valence-corrected chi connectivity index (χ0v) is 15.9. The van der Waals surface area contributed by atoms with Gasteiger partial charge in [-0.15, -0.1) is 0 Å². The van der Waals surface area contributed by atoms with Crippen molar-refractivity contribution in [3.05, 3.63) is 70.4 Å². The van der Waals surface area contributed by atoms with E-state index in [1.807, 2.05) is 0 Å². The number of carbonyl (C=O) groups excluding carboxylic acids is 1. The highest BCUT2D eigenvalue weighted by atomic mass is 79.9. The van der Waals surface area contributed by atoms with E-state index in [-0.39, 0.29) is 11.5 Å². The Kier molecular flexibility index (Phi) is 5.52. The van der Waals surface area contributed by atoms with Gasteiger partial charge >= 0.3 is 5.97 Å². The summed E-state index contributed by atoms with van der Waals surface area (Å²) < 4.78 is 6.39. The zero-order chi connectivity index (χ0) is 19.4. The van der Waals surface area contributed by atoms with Crippen LogP contribution in [0, 0.1) is 0 Å². The third kappa shape index (κ3) is 4.71. The molecule has 27 heavy (non-hydrogen) atoms. The molecule has 0 atom stereocenters. The summed E-state index contributed by atoms with van der Waals surface area (Å²) in [7, 11) is 0. The van der Waals surface area contributed by atoms with Gasteiger partial charge < -0.3 is 14.8 Å². The van der Waals surface area contributed by atoms with Crippen molar-refractivity contribution in [2.45, 2.75) is 6.92 Å². The van der Waals surface area contributed by atoms with Crippen LogP contribution in [0.15, 0.2) is 68.5 Å². The normalized spacial score (nSPS) is 10.9. The largest absolute Gasteiger partial charge is 0.478 e. The van der Waals surface area contributed by atoms with Crippen LogP contribution in [-0.2, 0) is 4.79 Å². The third-order valence-corrected chi connectivity index (χ3v) is 4.13. The van der Waals surface area contributed by atoms with Gasteiger partial charge in [-0.2, -0.15) is 0 Å². The van der Waals surface area contributed by atoms with Gasteiger partial charge in [0.1, 0.15) is 11.5 Å². The van der Waals surface area contributed by atoms with Crippen LogP contribution >= 0.6 is 15.9 Å². The average Bonchev–Trinajstić information content (AvgIpc) is 3.09. The Hall–Kier alpha value is -3.19. The first-order valence-corrected chi connectivity index (χ1v) is 8.76. The van der Waals surface area contributed by atoms with Crippen LogP contribution < -0.4 is 5.32 Å². The third-order valence-electron chi connectivity index (χ3n) is 3.63. The van der Waals surface area contributed by atoms with Gasteiger partial charge in [-0.1, -0.05) is 15.9 Å². The molecule has 0 radical (unpaired) electrons. The van der Waals surface area contributed by atoms with Crippen molar-refractivity contribution >= 4 is 45.4 Å². The molecule has 3 rings (SSSR count). The Balaban J connectivity index is 1.79. The van der Waals surface area contributed by atoms with Crippen LogP contribution in [0.25, 0.3) is 11.3 Å².